The van der Waals surface area contributed by atoms with Gasteiger partial charge in [-0.3, -0.25) is 4.98 Å². The molecular formula is C24H25BrN6O. The van der Waals surface area contributed by atoms with Gasteiger partial charge in [0.05, 0.1) is 22.1 Å². The molecule has 4 aromatic rings. The summed E-state index contributed by atoms with van der Waals surface area (Å²) in [5, 5.41) is 8.16. The van der Waals surface area contributed by atoms with Gasteiger partial charge in [0.15, 0.2) is 5.65 Å². The van der Waals surface area contributed by atoms with Crippen molar-refractivity contribution in [3.05, 3.63) is 65.0 Å². The molecule has 1 saturated heterocycles. The third kappa shape index (κ3) is 4.01. The molecule has 0 radical (unpaired) electrons. The van der Waals surface area contributed by atoms with Gasteiger partial charge in [0.2, 0.25) is 0 Å². The van der Waals surface area contributed by atoms with Crippen molar-refractivity contribution in [2.75, 3.05) is 18.9 Å². The van der Waals surface area contributed by atoms with E-state index in [0.29, 0.717) is 11.9 Å². The minimum atomic E-state index is 0.0288. The first-order valence-electron chi connectivity index (χ1n) is 10.8. The molecular weight excluding hydrogens is 468 g/mol. The number of fused-ring (bicyclic) bond motifs is 1. The highest BCUT2D eigenvalue weighted by Gasteiger charge is 2.23. The maximum absolute atomic E-state index is 6.43. The third-order valence-corrected chi connectivity index (χ3v) is 6.72. The molecule has 0 saturated carbocycles. The van der Waals surface area contributed by atoms with Crippen LogP contribution in [-0.2, 0) is 4.74 Å². The zero-order chi connectivity index (χ0) is 22.1. The Hall–Kier alpha value is -2.81. The summed E-state index contributed by atoms with van der Waals surface area (Å²) >= 11 is 3.64. The van der Waals surface area contributed by atoms with E-state index in [9.17, 15) is 0 Å². The second kappa shape index (κ2) is 8.97. The molecule has 3 N–H and O–H groups in total. The number of halogens is 1. The molecule has 1 unspecified atom stereocenters. The molecule has 1 aromatic carbocycles. The number of benzene rings is 1. The third-order valence-electron chi connectivity index (χ3n) is 5.91. The van der Waals surface area contributed by atoms with E-state index < -0.39 is 0 Å². The fraction of sp³-hybridized carbons (Fsp3) is 0.292. The minimum Gasteiger partial charge on any atom is -0.383 e. The molecule has 1 aliphatic heterocycles. The normalized spacial score (nSPS) is 15.8. The monoisotopic (exact) mass is 492 g/mol. The van der Waals surface area contributed by atoms with E-state index in [4.69, 9.17) is 15.5 Å². The van der Waals surface area contributed by atoms with Crippen LogP contribution in [-0.4, -0.2) is 38.8 Å². The smallest absolute Gasteiger partial charge is 0.165 e. The number of nitrogens with zero attached hydrogens (tertiary/aromatic N) is 4. The average Bonchev–Trinajstić information content (AvgIpc) is 3.27. The number of ether oxygens (including phenoxy) is 1. The molecule has 0 amide bonds. The van der Waals surface area contributed by atoms with Gasteiger partial charge in [-0.1, -0.05) is 36.4 Å². The quantitative estimate of drug-likeness (QED) is 0.421. The van der Waals surface area contributed by atoms with Crippen molar-refractivity contribution in [3.8, 4) is 22.4 Å². The Morgan fingerprint density at radius 2 is 1.88 bits per heavy atom. The van der Waals surface area contributed by atoms with Crippen LogP contribution in [0.2, 0.25) is 0 Å². The molecule has 1 aliphatic rings. The first-order valence-corrected chi connectivity index (χ1v) is 11.6. The number of aromatic nitrogens is 4. The molecule has 32 heavy (non-hydrogen) atoms. The van der Waals surface area contributed by atoms with E-state index in [1.807, 2.05) is 30.5 Å². The van der Waals surface area contributed by atoms with E-state index in [2.05, 4.69) is 56.5 Å². The summed E-state index contributed by atoms with van der Waals surface area (Å²) < 4.78 is 7.92. The Balaban J connectivity index is 1.49. The van der Waals surface area contributed by atoms with Crippen LogP contribution in [0.4, 0.5) is 5.82 Å². The maximum Gasteiger partial charge on any atom is 0.165 e. The fourth-order valence-corrected chi connectivity index (χ4v) is 4.73. The van der Waals surface area contributed by atoms with Crippen molar-refractivity contribution in [1.29, 1.82) is 0 Å². The lowest BCUT2D eigenvalue weighted by Gasteiger charge is -2.27. The molecule has 3 aromatic heterocycles. The number of nitrogen functional groups attached to an aromatic ring is 1. The largest absolute Gasteiger partial charge is 0.383 e. The molecule has 4 heterocycles. The second-order valence-corrected chi connectivity index (χ2v) is 8.86. The molecule has 7 nitrogen and oxygen atoms in total. The molecule has 0 spiro atoms. The predicted octanol–water partition coefficient (Wildman–Crippen LogP) is 4.63. The predicted molar refractivity (Wildman–Crippen MR) is 129 cm³/mol. The van der Waals surface area contributed by atoms with Crippen LogP contribution in [0.15, 0.2) is 59.3 Å². The van der Waals surface area contributed by atoms with Crippen LogP contribution in [0.5, 0.6) is 0 Å². The number of hydrogen-bond acceptors (Lipinski definition) is 6. The maximum atomic E-state index is 6.43. The number of anilines is 1. The van der Waals surface area contributed by atoms with Gasteiger partial charge >= 0.3 is 0 Å². The van der Waals surface area contributed by atoms with E-state index in [1.165, 1.54) is 0 Å². The zero-order valence-electron chi connectivity index (χ0n) is 17.8. The minimum absolute atomic E-state index is 0.0288. The van der Waals surface area contributed by atoms with Crippen molar-refractivity contribution in [3.63, 3.8) is 0 Å². The Labute approximate surface area is 195 Å². The Bertz CT molecular complexity index is 1220. The van der Waals surface area contributed by atoms with E-state index in [-0.39, 0.29) is 6.04 Å². The van der Waals surface area contributed by atoms with Gasteiger partial charge < -0.3 is 15.8 Å². The van der Waals surface area contributed by atoms with Crippen molar-refractivity contribution in [2.45, 2.75) is 31.8 Å². The fourth-order valence-electron chi connectivity index (χ4n) is 4.13. The molecule has 1 fully saturated rings. The lowest BCUT2D eigenvalue weighted by molar-refractivity contribution is 0.0753. The first kappa shape index (κ1) is 21.1. The molecule has 0 aliphatic carbocycles. The summed E-state index contributed by atoms with van der Waals surface area (Å²) in [6.45, 7) is 3.70. The van der Waals surface area contributed by atoms with Gasteiger partial charge in [0.25, 0.3) is 0 Å². The van der Waals surface area contributed by atoms with Crippen LogP contribution in [0.3, 0.4) is 0 Å². The van der Waals surface area contributed by atoms with Crippen molar-refractivity contribution < 1.29 is 4.74 Å². The van der Waals surface area contributed by atoms with Gasteiger partial charge in [-0.2, -0.15) is 9.61 Å². The summed E-state index contributed by atoms with van der Waals surface area (Å²) in [6.07, 6.45) is 5.65. The average molecular weight is 493 g/mol. The van der Waals surface area contributed by atoms with Crippen LogP contribution in [0, 0.1) is 0 Å². The van der Waals surface area contributed by atoms with E-state index >= 15 is 0 Å². The van der Waals surface area contributed by atoms with E-state index in [0.717, 1.165) is 64.3 Å². The van der Waals surface area contributed by atoms with Gasteiger partial charge in [0.1, 0.15) is 5.82 Å². The lowest BCUT2D eigenvalue weighted by atomic mass is 10.1. The Morgan fingerprint density at radius 1 is 1.09 bits per heavy atom. The molecule has 0 bridgehead atoms. The summed E-state index contributed by atoms with van der Waals surface area (Å²) in [5.74, 6) is 0.533. The highest BCUT2D eigenvalue weighted by atomic mass is 79.9. The highest BCUT2D eigenvalue weighted by Crippen LogP contribution is 2.33. The number of nitrogens with two attached hydrogens (primary N) is 1. The van der Waals surface area contributed by atoms with Gasteiger partial charge in [0, 0.05) is 48.2 Å². The van der Waals surface area contributed by atoms with Crippen LogP contribution >= 0.6 is 15.9 Å². The Morgan fingerprint density at radius 3 is 2.59 bits per heavy atom. The standard InChI is InChI=1S/C24H25BrN6O/c1-15(29-18-9-11-32-12-10-18)22-21(25)23(26)31-24(30-22)19(14-28-31)17-7-8-20(27-13-17)16-5-3-2-4-6-16/h2-8,13-15,18,29H,9-12,26H2,1H3. The number of nitrogens with one attached hydrogen (secondary N) is 1. The summed E-state index contributed by atoms with van der Waals surface area (Å²) in [5.41, 5.74) is 11.9. The number of rotatable bonds is 5. The van der Waals surface area contributed by atoms with Crippen LogP contribution < -0.4 is 11.1 Å². The van der Waals surface area contributed by atoms with Crippen molar-refractivity contribution in [2.24, 2.45) is 0 Å². The first-order chi connectivity index (χ1) is 15.6. The highest BCUT2D eigenvalue weighted by molar-refractivity contribution is 9.10. The van der Waals surface area contributed by atoms with Crippen molar-refractivity contribution >= 4 is 27.4 Å². The van der Waals surface area contributed by atoms with Crippen LogP contribution in [0.25, 0.3) is 28.0 Å². The lowest BCUT2D eigenvalue weighted by Crippen LogP contribution is -2.37. The molecule has 5 rings (SSSR count). The summed E-state index contributed by atoms with van der Waals surface area (Å²) in [4.78, 5) is 9.63. The van der Waals surface area contributed by atoms with Gasteiger partial charge in [-0.05, 0) is 41.8 Å². The topological polar surface area (TPSA) is 90.4 Å². The van der Waals surface area contributed by atoms with Gasteiger partial charge in [-0.25, -0.2) is 4.98 Å². The number of hydrogen-bond donors (Lipinski definition) is 2. The summed E-state index contributed by atoms with van der Waals surface area (Å²) in [6, 6.07) is 14.6. The molecule has 8 heteroatoms. The zero-order valence-corrected chi connectivity index (χ0v) is 19.4. The SMILES string of the molecule is CC(NC1CCOCC1)c1nc2c(-c3ccc(-c4ccccc4)nc3)cnn2c(N)c1Br. The molecule has 164 valence electrons. The Kier molecular flexibility index (Phi) is 5.91. The number of pyridine rings is 1. The van der Waals surface area contributed by atoms with Crippen molar-refractivity contribution in [1.82, 2.24) is 24.9 Å². The van der Waals surface area contributed by atoms with Gasteiger partial charge in [-0.15, -0.1) is 0 Å². The van der Waals surface area contributed by atoms with E-state index in [1.54, 1.807) is 10.7 Å². The second-order valence-electron chi connectivity index (χ2n) is 8.06. The molecule has 1 atom stereocenters. The summed E-state index contributed by atoms with van der Waals surface area (Å²) in [7, 11) is 0. The van der Waals surface area contributed by atoms with Crippen LogP contribution in [0.1, 0.15) is 31.5 Å².